The predicted molar refractivity (Wildman–Crippen MR) is 88.4 cm³/mol. The molecule has 1 aliphatic heterocycles. The summed E-state index contributed by atoms with van der Waals surface area (Å²) in [4.78, 5) is 18.1. The fourth-order valence-electron chi connectivity index (χ4n) is 2.49. The number of hydrogen-bond donors (Lipinski definition) is 0. The molecule has 3 aromatic rings. The third-order valence-corrected chi connectivity index (χ3v) is 5.87. The second-order valence-electron chi connectivity index (χ2n) is 5.22. The molecular weight excluding hydrogens is 314 g/mol. The van der Waals surface area contributed by atoms with E-state index in [1.54, 1.807) is 23.1 Å². The van der Waals surface area contributed by atoms with Gasteiger partial charge >= 0.3 is 0 Å². The summed E-state index contributed by atoms with van der Waals surface area (Å²) in [5.41, 5.74) is 2.10. The summed E-state index contributed by atoms with van der Waals surface area (Å²) in [6.45, 7) is 2.03. The van der Waals surface area contributed by atoms with Gasteiger partial charge in [0.05, 0.1) is 5.25 Å². The number of fused-ring (bicyclic) bond motifs is 1. The molecule has 0 spiro atoms. The fraction of sp³-hybridized carbons (Fsp3) is 0.188. The van der Waals surface area contributed by atoms with Gasteiger partial charge < -0.3 is 0 Å². The molecule has 1 atom stereocenters. The Balaban J connectivity index is 1.71. The molecule has 0 N–H and O–H groups in total. The van der Waals surface area contributed by atoms with E-state index >= 15 is 0 Å². The smallest absolute Gasteiger partial charge is 0.250 e. The number of carbonyl (C=O) groups is 1. The van der Waals surface area contributed by atoms with E-state index in [0.717, 1.165) is 11.1 Å². The lowest BCUT2D eigenvalue weighted by Gasteiger charge is -2.18. The van der Waals surface area contributed by atoms with Crippen molar-refractivity contribution in [2.24, 2.45) is 0 Å². The molecule has 0 radical (unpaired) electrons. The van der Waals surface area contributed by atoms with Crippen LogP contribution in [0.25, 0.3) is 11.4 Å². The van der Waals surface area contributed by atoms with Crippen LogP contribution in [0.4, 0.5) is 0 Å². The summed E-state index contributed by atoms with van der Waals surface area (Å²) in [6.07, 6.45) is 0.467. The maximum atomic E-state index is 12.4. The van der Waals surface area contributed by atoms with E-state index in [9.17, 15) is 4.79 Å². The number of aryl methyl sites for hydroxylation is 1. The van der Waals surface area contributed by atoms with Crippen molar-refractivity contribution in [2.75, 3.05) is 0 Å². The highest BCUT2D eigenvalue weighted by Gasteiger charge is 2.30. The summed E-state index contributed by atoms with van der Waals surface area (Å²) >= 11 is 3.30. The molecule has 2 aromatic heterocycles. The van der Waals surface area contributed by atoms with Gasteiger partial charge in [0.2, 0.25) is 0 Å². The van der Waals surface area contributed by atoms with Crippen molar-refractivity contribution >= 4 is 29.0 Å². The topological polar surface area (TPSA) is 47.8 Å². The monoisotopic (exact) mass is 327 g/mol. The second-order valence-corrected chi connectivity index (χ2v) is 7.37. The third kappa shape index (κ3) is 2.38. The fourth-order valence-corrected chi connectivity index (χ4v) is 4.56. The zero-order chi connectivity index (χ0) is 15.1. The molecule has 0 saturated heterocycles. The van der Waals surface area contributed by atoms with Crippen molar-refractivity contribution in [3.63, 3.8) is 0 Å². The lowest BCUT2D eigenvalue weighted by atomic mass is 10.1. The Morgan fingerprint density at radius 1 is 1.27 bits per heavy atom. The van der Waals surface area contributed by atoms with Crippen LogP contribution in [0.3, 0.4) is 0 Å². The molecule has 110 valence electrons. The molecule has 6 heteroatoms. The van der Waals surface area contributed by atoms with Gasteiger partial charge in [0.25, 0.3) is 5.91 Å². The van der Waals surface area contributed by atoms with Gasteiger partial charge in [-0.1, -0.05) is 41.6 Å². The molecule has 1 aromatic carbocycles. The maximum absolute atomic E-state index is 12.4. The third-order valence-electron chi connectivity index (χ3n) is 3.56. The van der Waals surface area contributed by atoms with Crippen LogP contribution < -0.4 is 0 Å². The Labute approximate surface area is 136 Å². The molecule has 4 nitrogen and oxygen atoms in total. The molecule has 0 amide bonds. The number of hydrogen-bond acceptors (Lipinski definition) is 5. The van der Waals surface area contributed by atoms with Gasteiger partial charge in [0.1, 0.15) is 0 Å². The van der Waals surface area contributed by atoms with Crippen LogP contribution in [-0.2, 0) is 0 Å². The minimum Gasteiger partial charge on any atom is -0.272 e. The van der Waals surface area contributed by atoms with Crippen LogP contribution in [0, 0.1) is 6.92 Å². The average molecular weight is 327 g/mol. The molecule has 0 saturated carbocycles. The normalized spacial score (nSPS) is 17.5. The van der Waals surface area contributed by atoms with Crippen molar-refractivity contribution in [2.45, 2.75) is 23.8 Å². The first kappa shape index (κ1) is 13.7. The van der Waals surface area contributed by atoms with Crippen LogP contribution in [0.2, 0.25) is 0 Å². The van der Waals surface area contributed by atoms with E-state index < -0.39 is 0 Å². The summed E-state index contributed by atoms with van der Waals surface area (Å²) in [5.74, 6) is 0.630. The standard InChI is InChI=1S/C16H13N3OS2/c1-10-4-2-5-11(8-10)15-17-16-19(18-15)14(20)9-13(22-16)12-6-3-7-21-12/h2-8,13H,9H2,1H3/t13-/m0/s1. The first-order valence-corrected chi connectivity index (χ1v) is 8.74. The van der Waals surface area contributed by atoms with E-state index in [2.05, 4.69) is 16.1 Å². The van der Waals surface area contributed by atoms with Gasteiger partial charge in [0.15, 0.2) is 11.0 Å². The molecule has 0 bridgehead atoms. The lowest BCUT2D eigenvalue weighted by Crippen LogP contribution is -2.20. The van der Waals surface area contributed by atoms with Crippen LogP contribution in [0.15, 0.2) is 46.9 Å². The van der Waals surface area contributed by atoms with Crippen molar-refractivity contribution in [1.29, 1.82) is 0 Å². The molecule has 4 rings (SSSR count). The number of nitrogens with zero attached hydrogens (tertiary/aromatic N) is 3. The minimum absolute atomic E-state index is 0.0125. The average Bonchev–Trinajstić information content (AvgIpc) is 3.16. The quantitative estimate of drug-likeness (QED) is 0.708. The molecule has 3 heterocycles. The van der Waals surface area contributed by atoms with E-state index in [4.69, 9.17) is 0 Å². The summed E-state index contributed by atoms with van der Waals surface area (Å²) in [6, 6.07) is 12.1. The summed E-state index contributed by atoms with van der Waals surface area (Å²) in [7, 11) is 0. The molecule has 0 fully saturated rings. The number of rotatable bonds is 2. The summed E-state index contributed by atoms with van der Waals surface area (Å²) < 4.78 is 1.45. The first-order chi connectivity index (χ1) is 10.7. The highest BCUT2D eigenvalue weighted by Crippen LogP contribution is 2.43. The maximum Gasteiger partial charge on any atom is 0.250 e. The van der Waals surface area contributed by atoms with Crippen molar-refractivity contribution < 1.29 is 4.79 Å². The molecule has 22 heavy (non-hydrogen) atoms. The highest BCUT2D eigenvalue weighted by molar-refractivity contribution is 7.99. The molecule has 1 aliphatic rings. The van der Waals surface area contributed by atoms with Gasteiger partial charge in [-0.15, -0.1) is 16.4 Å². The van der Waals surface area contributed by atoms with Gasteiger partial charge in [-0.3, -0.25) is 4.79 Å². The number of aromatic nitrogens is 3. The first-order valence-electron chi connectivity index (χ1n) is 6.98. The molecule has 0 unspecified atom stereocenters. The van der Waals surface area contributed by atoms with Crippen molar-refractivity contribution in [1.82, 2.24) is 14.8 Å². The van der Waals surface area contributed by atoms with Crippen LogP contribution in [-0.4, -0.2) is 20.7 Å². The van der Waals surface area contributed by atoms with Gasteiger partial charge in [0, 0.05) is 16.9 Å². The van der Waals surface area contributed by atoms with Crippen molar-refractivity contribution in [3.05, 3.63) is 52.2 Å². The Bertz CT molecular complexity index is 839. The van der Waals surface area contributed by atoms with Crippen LogP contribution in [0.5, 0.6) is 0 Å². The van der Waals surface area contributed by atoms with Crippen molar-refractivity contribution in [3.8, 4) is 11.4 Å². The van der Waals surface area contributed by atoms with Crippen LogP contribution in [0.1, 0.15) is 26.9 Å². The van der Waals surface area contributed by atoms with E-state index in [-0.39, 0.29) is 11.2 Å². The van der Waals surface area contributed by atoms with Crippen LogP contribution >= 0.6 is 23.1 Å². The Hall–Kier alpha value is -1.92. The SMILES string of the molecule is Cc1cccc(-c2nc3n(n2)C(=O)C[C@@H](c2cccs2)S3)c1. The molecular formula is C16H13N3OS2. The largest absolute Gasteiger partial charge is 0.272 e. The van der Waals surface area contributed by atoms with E-state index in [1.165, 1.54) is 9.56 Å². The van der Waals surface area contributed by atoms with E-state index in [1.807, 2.05) is 42.6 Å². The predicted octanol–water partition coefficient (Wildman–Crippen LogP) is 4.19. The minimum atomic E-state index is 0.0125. The Morgan fingerprint density at radius 2 is 2.18 bits per heavy atom. The number of carbonyl (C=O) groups excluding carboxylic acids is 1. The Morgan fingerprint density at radius 3 is 2.95 bits per heavy atom. The van der Waals surface area contributed by atoms with Gasteiger partial charge in [-0.05, 0) is 24.4 Å². The number of thioether (sulfide) groups is 1. The summed E-state index contributed by atoms with van der Waals surface area (Å²) in [5, 5.41) is 7.27. The zero-order valence-electron chi connectivity index (χ0n) is 11.9. The van der Waals surface area contributed by atoms with E-state index in [0.29, 0.717) is 17.4 Å². The second kappa shape index (κ2) is 5.37. The van der Waals surface area contributed by atoms with Gasteiger partial charge in [-0.25, -0.2) is 4.98 Å². The van der Waals surface area contributed by atoms with Gasteiger partial charge in [-0.2, -0.15) is 4.68 Å². The highest BCUT2D eigenvalue weighted by atomic mass is 32.2. The number of benzene rings is 1. The lowest BCUT2D eigenvalue weighted by molar-refractivity contribution is 0.0868. The molecule has 0 aliphatic carbocycles. The zero-order valence-corrected chi connectivity index (χ0v) is 13.5. The Kier molecular flexibility index (Phi) is 3.35. The number of thiophene rings is 1.